The second kappa shape index (κ2) is 8.87. The van der Waals surface area contributed by atoms with Crippen LogP contribution in [0, 0.1) is 0 Å². The SMILES string of the molecule is O=C(O)c1cccc(NN=Cc2cccc(OCc3cccc(Cl)c3)c2)c1. The highest BCUT2D eigenvalue weighted by atomic mass is 35.5. The third kappa shape index (κ3) is 5.59. The van der Waals surface area contributed by atoms with Crippen LogP contribution in [0.1, 0.15) is 21.5 Å². The molecular formula is C21H17ClN2O3. The summed E-state index contributed by atoms with van der Waals surface area (Å²) in [5.41, 5.74) is 5.46. The summed E-state index contributed by atoms with van der Waals surface area (Å²) < 4.78 is 5.79. The lowest BCUT2D eigenvalue weighted by Gasteiger charge is -2.07. The number of carbonyl (C=O) groups is 1. The predicted molar refractivity (Wildman–Crippen MR) is 107 cm³/mol. The van der Waals surface area contributed by atoms with Gasteiger partial charge in [0.05, 0.1) is 17.5 Å². The molecule has 0 aliphatic rings. The summed E-state index contributed by atoms with van der Waals surface area (Å²) in [7, 11) is 0. The van der Waals surface area contributed by atoms with Gasteiger partial charge in [0.2, 0.25) is 0 Å². The molecular weight excluding hydrogens is 364 g/mol. The first kappa shape index (κ1) is 18.5. The number of carboxylic acid groups (broad SMARTS) is 1. The summed E-state index contributed by atoms with van der Waals surface area (Å²) in [6, 6.07) is 21.5. The average molecular weight is 381 g/mol. The van der Waals surface area contributed by atoms with E-state index in [1.54, 1.807) is 18.3 Å². The zero-order valence-electron chi connectivity index (χ0n) is 14.3. The van der Waals surface area contributed by atoms with E-state index in [4.69, 9.17) is 21.4 Å². The molecule has 0 fully saturated rings. The number of hydrogen-bond donors (Lipinski definition) is 2. The van der Waals surface area contributed by atoms with Crippen molar-refractivity contribution in [3.8, 4) is 5.75 Å². The van der Waals surface area contributed by atoms with Gasteiger partial charge < -0.3 is 9.84 Å². The Hall–Kier alpha value is -3.31. The number of nitrogens with zero attached hydrogens (tertiary/aromatic N) is 1. The molecule has 0 unspecified atom stereocenters. The van der Waals surface area contributed by atoms with Gasteiger partial charge in [-0.1, -0.05) is 41.9 Å². The fourth-order valence-electron chi connectivity index (χ4n) is 2.38. The van der Waals surface area contributed by atoms with Crippen LogP contribution in [0.5, 0.6) is 5.75 Å². The van der Waals surface area contributed by atoms with Crippen LogP contribution in [0.3, 0.4) is 0 Å². The van der Waals surface area contributed by atoms with Crippen molar-refractivity contribution in [1.82, 2.24) is 0 Å². The largest absolute Gasteiger partial charge is 0.489 e. The number of halogens is 1. The lowest BCUT2D eigenvalue weighted by atomic mass is 10.2. The monoisotopic (exact) mass is 380 g/mol. The highest BCUT2D eigenvalue weighted by molar-refractivity contribution is 6.30. The molecule has 6 heteroatoms. The van der Waals surface area contributed by atoms with E-state index in [9.17, 15) is 4.79 Å². The maximum Gasteiger partial charge on any atom is 0.335 e. The molecule has 3 rings (SSSR count). The van der Waals surface area contributed by atoms with Crippen molar-refractivity contribution in [2.75, 3.05) is 5.43 Å². The van der Waals surface area contributed by atoms with Crippen LogP contribution in [-0.2, 0) is 6.61 Å². The summed E-state index contributed by atoms with van der Waals surface area (Å²) >= 11 is 5.97. The van der Waals surface area contributed by atoms with Gasteiger partial charge in [0.15, 0.2) is 0 Å². The molecule has 0 bridgehead atoms. The molecule has 0 aromatic heterocycles. The van der Waals surface area contributed by atoms with E-state index in [2.05, 4.69) is 10.5 Å². The fourth-order valence-corrected chi connectivity index (χ4v) is 2.59. The Morgan fingerprint density at radius 2 is 1.89 bits per heavy atom. The van der Waals surface area contributed by atoms with Gasteiger partial charge in [0.1, 0.15) is 12.4 Å². The summed E-state index contributed by atoms with van der Waals surface area (Å²) in [5.74, 6) is -0.265. The van der Waals surface area contributed by atoms with Gasteiger partial charge in [0.25, 0.3) is 0 Å². The number of carboxylic acids is 1. The van der Waals surface area contributed by atoms with E-state index in [-0.39, 0.29) is 5.56 Å². The maximum atomic E-state index is 11.0. The molecule has 136 valence electrons. The number of hydrazone groups is 1. The van der Waals surface area contributed by atoms with Gasteiger partial charge in [-0.2, -0.15) is 5.10 Å². The first-order chi connectivity index (χ1) is 13.1. The second-order valence-electron chi connectivity index (χ2n) is 5.75. The number of benzene rings is 3. The standard InChI is InChI=1S/C21H17ClN2O3/c22-18-7-1-5-16(10-18)14-27-20-9-2-4-15(11-20)13-23-24-19-8-3-6-17(12-19)21(25)26/h1-13,24H,14H2,(H,25,26). The maximum absolute atomic E-state index is 11.0. The van der Waals surface area contributed by atoms with Crippen molar-refractivity contribution in [3.63, 3.8) is 0 Å². The summed E-state index contributed by atoms with van der Waals surface area (Å²) in [5, 5.41) is 13.8. The Balaban J connectivity index is 1.61. The van der Waals surface area contributed by atoms with Gasteiger partial charge in [0, 0.05) is 5.02 Å². The van der Waals surface area contributed by atoms with E-state index in [1.165, 1.54) is 12.1 Å². The van der Waals surface area contributed by atoms with Crippen LogP contribution in [0.25, 0.3) is 0 Å². The van der Waals surface area contributed by atoms with Gasteiger partial charge in [-0.15, -0.1) is 0 Å². The Bertz CT molecular complexity index is 973. The van der Waals surface area contributed by atoms with Gasteiger partial charge in [-0.25, -0.2) is 4.79 Å². The lowest BCUT2D eigenvalue weighted by molar-refractivity contribution is 0.0697. The number of hydrogen-bond acceptors (Lipinski definition) is 4. The van der Waals surface area contributed by atoms with E-state index in [0.29, 0.717) is 23.1 Å². The van der Waals surface area contributed by atoms with Crippen LogP contribution in [0.15, 0.2) is 77.9 Å². The fraction of sp³-hybridized carbons (Fsp3) is 0.0476. The quantitative estimate of drug-likeness (QED) is 0.443. The van der Waals surface area contributed by atoms with Crippen LogP contribution >= 0.6 is 11.6 Å². The second-order valence-corrected chi connectivity index (χ2v) is 6.18. The Kier molecular flexibility index (Phi) is 6.07. The minimum atomic E-state index is -0.979. The molecule has 0 amide bonds. The minimum absolute atomic E-state index is 0.201. The van der Waals surface area contributed by atoms with Crippen LogP contribution in [0.4, 0.5) is 5.69 Å². The van der Waals surface area contributed by atoms with Crippen molar-refractivity contribution >= 4 is 29.5 Å². The van der Waals surface area contributed by atoms with Crippen molar-refractivity contribution < 1.29 is 14.6 Å². The summed E-state index contributed by atoms with van der Waals surface area (Å²) in [6.45, 7) is 0.418. The molecule has 0 spiro atoms. The van der Waals surface area contributed by atoms with E-state index >= 15 is 0 Å². The molecule has 0 atom stereocenters. The third-order valence-corrected chi connectivity index (χ3v) is 3.90. The van der Waals surface area contributed by atoms with Crippen LogP contribution in [0.2, 0.25) is 5.02 Å². The van der Waals surface area contributed by atoms with Gasteiger partial charge >= 0.3 is 5.97 Å². The third-order valence-electron chi connectivity index (χ3n) is 3.67. The van der Waals surface area contributed by atoms with Crippen molar-refractivity contribution in [2.24, 2.45) is 5.10 Å². The number of nitrogens with one attached hydrogen (secondary N) is 1. The number of aromatic carboxylic acids is 1. The predicted octanol–water partition coefficient (Wildman–Crippen LogP) is 5.06. The number of rotatable bonds is 7. The molecule has 0 aliphatic carbocycles. The molecule has 0 radical (unpaired) electrons. The highest BCUT2D eigenvalue weighted by Gasteiger charge is 2.02. The Morgan fingerprint density at radius 3 is 2.70 bits per heavy atom. The molecule has 0 aliphatic heterocycles. The summed E-state index contributed by atoms with van der Waals surface area (Å²) in [4.78, 5) is 11.0. The van der Waals surface area contributed by atoms with Crippen molar-refractivity contribution in [3.05, 3.63) is 94.5 Å². The van der Waals surface area contributed by atoms with E-state index in [1.807, 2.05) is 48.5 Å². The number of ether oxygens (including phenoxy) is 1. The molecule has 0 saturated carbocycles. The lowest BCUT2D eigenvalue weighted by Crippen LogP contribution is -1.98. The zero-order chi connectivity index (χ0) is 19.1. The first-order valence-electron chi connectivity index (χ1n) is 8.20. The van der Waals surface area contributed by atoms with Gasteiger partial charge in [-0.05, 0) is 53.6 Å². The number of anilines is 1. The molecule has 5 nitrogen and oxygen atoms in total. The molecule has 3 aromatic carbocycles. The molecule has 3 aromatic rings. The minimum Gasteiger partial charge on any atom is -0.489 e. The zero-order valence-corrected chi connectivity index (χ0v) is 15.1. The Morgan fingerprint density at radius 1 is 1.07 bits per heavy atom. The van der Waals surface area contributed by atoms with Crippen molar-refractivity contribution in [2.45, 2.75) is 6.61 Å². The first-order valence-corrected chi connectivity index (χ1v) is 8.58. The average Bonchev–Trinajstić information content (AvgIpc) is 2.67. The molecule has 0 heterocycles. The topological polar surface area (TPSA) is 70.9 Å². The molecule has 0 saturated heterocycles. The van der Waals surface area contributed by atoms with E-state index in [0.717, 1.165) is 11.1 Å². The Labute approximate surface area is 161 Å². The highest BCUT2D eigenvalue weighted by Crippen LogP contribution is 2.17. The summed E-state index contributed by atoms with van der Waals surface area (Å²) in [6.07, 6.45) is 1.64. The van der Waals surface area contributed by atoms with Crippen LogP contribution < -0.4 is 10.2 Å². The molecule has 2 N–H and O–H groups in total. The smallest absolute Gasteiger partial charge is 0.335 e. The van der Waals surface area contributed by atoms with Crippen LogP contribution in [-0.4, -0.2) is 17.3 Å². The van der Waals surface area contributed by atoms with Gasteiger partial charge in [-0.3, -0.25) is 5.43 Å². The molecule has 27 heavy (non-hydrogen) atoms. The van der Waals surface area contributed by atoms with E-state index < -0.39 is 5.97 Å². The normalized spacial score (nSPS) is 10.7. The van der Waals surface area contributed by atoms with Crippen molar-refractivity contribution in [1.29, 1.82) is 0 Å².